The smallest absolute Gasteiger partial charge is 0.410 e. The molecule has 1 amide bonds. The Bertz CT molecular complexity index is 785. The number of carbonyl (C=O) groups excluding carboxylic acids is 1. The van der Waals surface area contributed by atoms with Crippen LogP contribution in [0.2, 0.25) is 0 Å². The van der Waals surface area contributed by atoms with Gasteiger partial charge in [0, 0.05) is 42.8 Å². The maximum atomic E-state index is 12.1. The normalized spacial score (nSPS) is 19.3. The molecule has 1 fully saturated rings. The summed E-state index contributed by atoms with van der Waals surface area (Å²) in [4.78, 5) is 16.3. The average Bonchev–Trinajstić information content (AvgIpc) is 2.81. The molecule has 1 saturated heterocycles. The second-order valence-electron chi connectivity index (χ2n) is 6.99. The summed E-state index contributed by atoms with van der Waals surface area (Å²) in [5.74, 6) is 0. The van der Waals surface area contributed by atoms with Gasteiger partial charge in [0.05, 0.1) is 4.90 Å². The van der Waals surface area contributed by atoms with E-state index in [0.717, 1.165) is 11.3 Å². The lowest BCUT2D eigenvalue weighted by molar-refractivity contribution is 0.0240. The Morgan fingerprint density at radius 1 is 1.12 bits per heavy atom. The number of nitrogens with zero attached hydrogens (tertiary/aromatic N) is 2. The van der Waals surface area contributed by atoms with Crippen molar-refractivity contribution in [2.75, 3.05) is 31.1 Å². The van der Waals surface area contributed by atoms with Crippen LogP contribution >= 0.6 is 0 Å². The van der Waals surface area contributed by atoms with Crippen LogP contribution in [0.15, 0.2) is 28.5 Å². The third kappa shape index (κ3) is 3.26. The summed E-state index contributed by atoms with van der Waals surface area (Å²) in [5, 5.41) is 1.25. The van der Waals surface area contributed by atoms with Gasteiger partial charge in [-0.15, -0.1) is 0 Å². The molecular formula is C17H22N2O4S. The molecule has 0 aliphatic carbocycles. The number of benzene rings is 1. The summed E-state index contributed by atoms with van der Waals surface area (Å²) >= 11 is 0. The zero-order valence-electron chi connectivity index (χ0n) is 14.2. The molecule has 7 heteroatoms. The number of carbonyl (C=O) groups is 1. The Labute approximate surface area is 142 Å². The third-order valence-electron chi connectivity index (χ3n) is 4.04. The standard InChI is InChI=1S/C17H22N2O4S/c1-17(2,3)23-16(20)19-10-8-18(9-11-19)14-5-4-6-15-13(14)7-12-24(15,21)22/h4-7,12H,8-11H2,1-3H3. The number of sulfone groups is 1. The number of anilines is 1. The first-order valence-electron chi connectivity index (χ1n) is 7.96. The van der Waals surface area contributed by atoms with Crippen molar-refractivity contribution in [2.45, 2.75) is 31.3 Å². The molecule has 0 atom stereocenters. The van der Waals surface area contributed by atoms with Gasteiger partial charge in [-0.25, -0.2) is 13.2 Å². The van der Waals surface area contributed by atoms with Crippen molar-refractivity contribution >= 4 is 27.7 Å². The van der Waals surface area contributed by atoms with Gasteiger partial charge in [-0.3, -0.25) is 0 Å². The predicted molar refractivity (Wildman–Crippen MR) is 92.7 cm³/mol. The zero-order valence-corrected chi connectivity index (χ0v) is 15.0. The first-order chi connectivity index (χ1) is 11.2. The molecule has 0 spiro atoms. The number of hydrogen-bond acceptors (Lipinski definition) is 5. The Hall–Kier alpha value is -2.02. The van der Waals surface area contributed by atoms with Crippen LogP contribution in [-0.2, 0) is 14.6 Å². The van der Waals surface area contributed by atoms with Crippen LogP contribution in [0.5, 0.6) is 0 Å². The van der Waals surface area contributed by atoms with Gasteiger partial charge < -0.3 is 14.5 Å². The van der Waals surface area contributed by atoms with Gasteiger partial charge in [0.2, 0.25) is 9.84 Å². The Morgan fingerprint density at radius 3 is 2.42 bits per heavy atom. The Balaban J connectivity index is 1.72. The number of rotatable bonds is 1. The van der Waals surface area contributed by atoms with Crippen molar-refractivity contribution in [2.24, 2.45) is 0 Å². The van der Waals surface area contributed by atoms with Gasteiger partial charge in [-0.05, 0) is 39.0 Å². The van der Waals surface area contributed by atoms with Gasteiger partial charge in [-0.1, -0.05) is 6.07 Å². The van der Waals surface area contributed by atoms with Crippen LogP contribution in [-0.4, -0.2) is 51.2 Å². The highest BCUT2D eigenvalue weighted by molar-refractivity contribution is 7.94. The van der Waals surface area contributed by atoms with E-state index in [4.69, 9.17) is 4.74 Å². The molecule has 1 aromatic rings. The summed E-state index contributed by atoms with van der Waals surface area (Å²) < 4.78 is 29.4. The lowest BCUT2D eigenvalue weighted by Gasteiger charge is -2.37. The van der Waals surface area contributed by atoms with E-state index in [9.17, 15) is 13.2 Å². The number of fused-ring (bicyclic) bond motifs is 1. The third-order valence-corrected chi connectivity index (χ3v) is 5.50. The van der Waals surface area contributed by atoms with Gasteiger partial charge >= 0.3 is 6.09 Å². The van der Waals surface area contributed by atoms with Gasteiger partial charge in [0.15, 0.2) is 0 Å². The SMILES string of the molecule is CC(C)(C)OC(=O)N1CCN(c2cccc3c2C=CS3(=O)=O)CC1. The second kappa shape index (κ2) is 5.81. The number of amides is 1. The van der Waals surface area contributed by atoms with Crippen molar-refractivity contribution < 1.29 is 17.9 Å². The molecule has 2 aliphatic rings. The molecular weight excluding hydrogens is 328 g/mol. The van der Waals surface area contributed by atoms with Crippen LogP contribution in [0.4, 0.5) is 10.5 Å². The highest BCUT2D eigenvalue weighted by Crippen LogP contribution is 2.34. The second-order valence-corrected chi connectivity index (χ2v) is 8.79. The first-order valence-corrected chi connectivity index (χ1v) is 9.51. The van der Waals surface area contributed by atoms with Gasteiger partial charge in [0.1, 0.15) is 5.60 Å². The van der Waals surface area contributed by atoms with Gasteiger partial charge in [0.25, 0.3) is 0 Å². The van der Waals surface area contributed by atoms with Crippen LogP contribution < -0.4 is 4.90 Å². The monoisotopic (exact) mass is 350 g/mol. The quantitative estimate of drug-likeness (QED) is 0.778. The highest BCUT2D eigenvalue weighted by atomic mass is 32.2. The van der Waals surface area contributed by atoms with Crippen LogP contribution in [0.25, 0.3) is 6.08 Å². The molecule has 1 aromatic carbocycles. The Kier molecular flexibility index (Phi) is 4.07. The van der Waals surface area contributed by atoms with E-state index >= 15 is 0 Å². The van der Waals surface area contributed by atoms with Crippen molar-refractivity contribution in [1.29, 1.82) is 0 Å². The number of hydrogen-bond donors (Lipinski definition) is 0. The summed E-state index contributed by atoms with van der Waals surface area (Å²) in [6.45, 7) is 7.93. The van der Waals surface area contributed by atoms with Gasteiger partial charge in [-0.2, -0.15) is 0 Å². The fourth-order valence-electron chi connectivity index (χ4n) is 2.91. The molecule has 0 radical (unpaired) electrons. The molecule has 2 heterocycles. The van der Waals surface area contributed by atoms with E-state index in [-0.39, 0.29) is 6.09 Å². The molecule has 0 aromatic heterocycles. The first kappa shape index (κ1) is 16.8. The van der Waals surface area contributed by atoms with Crippen molar-refractivity contribution in [3.8, 4) is 0 Å². The molecule has 130 valence electrons. The molecule has 2 aliphatic heterocycles. The van der Waals surface area contributed by atoms with E-state index in [1.165, 1.54) is 5.41 Å². The highest BCUT2D eigenvalue weighted by Gasteiger charge is 2.29. The van der Waals surface area contributed by atoms with Crippen molar-refractivity contribution in [3.63, 3.8) is 0 Å². The summed E-state index contributed by atoms with van der Waals surface area (Å²) in [6.07, 6.45) is 1.35. The minimum atomic E-state index is -3.30. The van der Waals surface area contributed by atoms with Crippen LogP contribution in [0.3, 0.4) is 0 Å². The van der Waals surface area contributed by atoms with Crippen LogP contribution in [0, 0.1) is 0 Å². The fourth-order valence-corrected chi connectivity index (χ4v) is 4.12. The zero-order chi connectivity index (χ0) is 17.5. The summed E-state index contributed by atoms with van der Waals surface area (Å²) in [5.41, 5.74) is 1.13. The predicted octanol–water partition coefficient (Wildman–Crippen LogP) is 2.50. The van der Waals surface area contributed by atoms with Crippen molar-refractivity contribution in [3.05, 3.63) is 29.2 Å². The summed E-state index contributed by atoms with van der Waals surface area (Å²) in [7, 11) is -3.30. The Morgan fingerprint density at radius 2 is 1.79 bits per heavy atom. The maximum absolute atomic E-state index is 12.1. The number of piperazine rings is 1. The lowest BCUT2D eigenvalue weighted by atomic mass is 10.1. The lowest BCUT2D eigenvalue weighted by Crippen LogP contribution is -2.50. The molecule has 0 saturated carbocycles. The van der Waals surface area contributed by atoms with E-state index < -0.39 is 15.4 Å². The average molecular weight is 350 g/mol. The topological polar surface area (TPSA) is 66.9 Å². The van der Waals surface area contributed by atoms with E-state index in [0.29, 0.717) is 31.1 Å². The van der Waals surface area contributed by atoms with E-state index in [2.05, 4.69) is 4.90 Å². The molecule has 0 N–H and O–H groups in total. The minimum Gasteiger partial charge on any atom is -0.444 e. The number of ether oxygens (including phenoxy) is 1. The maximum Gasteiger partial charge on any atom is 0.410 e. The molecule has 6 nitrogen and oxygen atoms in total. The summed E-state index contributed by atoms with van der Waals surface area (Å²) in [6, 6.07) is 5.32. The fraction of sp³-hybridized carbons (Fsp3) is 0.471. The van der Waals surface area contributed by atoms with Crippen LogP contribution in [0.1, 0.15) is 26.3 Å². The molecule has 0 bridgehead atoms. The van der Waals surface area contributed by atoms with E-state index in [1.807, 2.05) is 26.8 Å². The molecule has 3 rings (SSSR count). The minimum absolute atomic E-state index is 0.303. The largest absolute Gasteiger partial charge is 0.444 e. The molecule has 24 heavy (non-hydrogen) atoms. The van der Waals surface area contributed by atoms with E-state index in [1.54, 1.807) is 23.1 Å². The molecule has 0 unspecified atom stereocenters. The van der Waals surface area contributed by atoms with Crippen molar-refractivity contribution in [1.82, 2.24) is 4.90 Å².